The molecule has 1 N–H and O–H groups in total. The largest absolute Gasteiger partial charge is 0.503 e. The predicted molar refractivity (Wildman–Crippen MR) is 141 cm³/mol. The third kappa shape index (κ3) is 4.05. The first-order chi connectivity index (χ1) is 18.0. The molecular weight excluding hydrogens is 468 g/mol. The highest BCUT2D eigenvalue weighted by molar-refractivity contribution is 6.20. The van der Waals surface area contributed by atoms with E-state index in [1.807, 2.05) is 42.5 Å². The first-order valence-electron chi connectivity index (χ1n) is 12.2. The molecular formula is C29H26N4O4. The molecule has 0 bridgehead atoms. The average molecular weight is 495 g/mol. The third-order valence-corrected chi connectivity index (χ3v) is 7.10. The molecule has 1 saturated heterocycles. The maximum atomic E-state index is 13.7. The van der Waals surface area contributed by atoms with Crippen molar-refractivity contribution in [3.8, 4) is 0 Å². The molecule has 1 atom stereocenters. The highest BCUT2D eigenvalue weighted by Gasteiger charge is 2.45. The molecule has 1 amide bonds. The molecule has 4 heterocycles. The number of fused-ring (bicyclic) bond motifs is 1. The van der Waals surface area contributed by atoms with E-state index in [4.69, 9.17) is 4.42 Å². The lowest BCUT2D eigenvalue weighted by molar-refractivity contribution is -0.117. The van der Waals surface area contributed by atoms with Gasteiger partial charge in [0.05, 0.1) is 11.6 Å². The van der Waals surface area contributed by atoms with Crippen LogP contribution in [-0.4, -0.2) is 59.9 Å². The predicted octanol–water partition coefficient (Wildman–Crippen LogP) is 4.36. The smallest absolute Gasteiger partial charge is 0.294 e. The summed E-state index contributed by atoms with van der Waals surface area (Å²) in [5.41, 5.74) is 2.79. The summed E-state index contributed by atoms with van der Waals surface area (Å²) in [6, 6.07) is 19.3. The van der Waals surface area contributed by atoms with Crippen molar-refractivity contribution in [2.45, 2.75) is 6.04 Å². The highest BCUT2D eigenvalue weighted by Crippen LogP contribution is 2.42. The molecule has 8 nitrogen and oxygen atoms in total. The van der Waals surface area contributed by atoms with Crippen molar-refractivity contribution in [3.63, 3.8) is 0 Å². The Hall–Kier alpha value is -4.43. The Morgan fingerprint density at radius 3 is 2.41 bits per heavy atom. The van der Waals surface area contributed by atoms with Gasteiger partial charge in [-0.1, -0.05) is 24.3 Å². The number of Topliss-reactive ketones (excluding diaryl/α,β-unsaturated/α-hetero) is 1. The first kappa shape index (κ1) is 23.0. The van der Waals surface area contributed by atoms with E-state index in [-0.39, 0.29) is 11.3 Å². The van der Waals surface area contributed by atoms with Crippen LogP contribution in [0.25, 0.3) is 11.0 Å². The van der Waals surface area contributed by atoms with Gasteiger partial charge in [-0.05, 0) is 55.1 Å². The summed E-state index contributed by atoms with van der Waals surface area (Å²) in [5.74, 6) is -1.69. The summed E-state index contributed by atoms with van der Waals surface area (Å²) >= 11 is 0. The minimum absolute atomic E-state index is 0.0276. The van der Waals surface area contributed by atoms with Crippen molar-refractivity contribution in [3.05, 3.63) is 102 Å². The summed E-state index contributed by atoms with van der Waals surface area (Å²) in [4.78, 5) is 37.4. The first-order valence-corrected chi connectivity index (χ1v) is 12.2. The molecule has 0 saturated carbocycles. The van der Waals surface area contributed by atoms with Crippen molar-refractivity contribution in [2.24, 2.45) is 0 Å². The van der Waals surface area contributed by atoms with Crippen LogP contribution in [0.1, 0.15) is 22.2 Å². The number of anilines is 2. The lowest BCUT2D eigenvalue weighted by atomic mass is 9.96. The summed E-state index contributed by atoms with van der Waals surface area (Å²) < 4.78 is 5.79. The van der Waals surface area contributed by atoms with Crippen LogP contribution in [0.5, 0.6) is 0 Å². The van der Waals surface area contributed by atoms with E-state index in [1.54, 1.807) is 36.7 Å². The van der Waals surface area contributed by atoms with E-state index < -0.39 is 23.5 Å². The van der Waals surface area contributed by atoms with Gasteiger partial charge >= 0.3 is 0 Å². The van der Waals surface area contributed by atoms with Crippen molar-refractivity contribution in [1.82, 2.24) is 9.88 Å². The third-order valence-electron chi connectivity index (χ3n) is 7.10. The van der Waals surface area contributed by atoms with E-state index in [0.717, 1.165) is 37.3 Å². The zero-order valence-corrected chi connectivity index (χ0v) is 20.4. The summed E-state index contributed by atoms with van der Waals surface area (Å²) in [6.45, 7) is 3.82. The van der Waals surface area contributed by atoms with Gasteiger partial charge in [0.2, 0.25) is 5.78 Å². The number of hydrogen-bond donors (Lipinski definition) is 1. The van der Waals surface area contributed by atoms with Crippen LogP contribution in [0.3, 0.4) is 0 Å². The van der Waals surface area contributed by atoms with Crippen molar-refractivity contribution < 1.29 is 19.1 Å². The van der Waals surface area contributed by atoms with Gasteiger partial charge in [-0.2, -0.15) is 0 Å². The van der Waals surface area contributed by atoms with Crippen molar-refractivity contribution in [2.75, 3.05) is 43.0 Å². The summed E-state index contributed by atoms with van der Waals surface area (Å²) in [5, 5.41) is 11.8. The topological polar surface area (TPSA) is 90.1 Å². The quantitative estimate of drug-likeness (QED) is 0.412. The standard InChI is InChI=1S/C29H26N4O4/c1-31-13-15-32(16-14-31)21-8-10-22(11-9-21)33-26(20-6-4-12-30-18-20)25(28(35)29(33)36)27(34)24-17-19-5-2-3-7-23(19)37-24/h2-12,17-18,26,35H,13-16H2,1H3. The Balaban J connectivity index is 1.38. The zero-order chi connectivity index (χ0) is 25.5. The van der Waals surface area contributed by atoms with Gasteiger partial charge in [0.15, 0.2) is 11.5 Å². The number of para-hydroxylation sites is 1. The molecule has 0 aliphatic carbocycles. The van der Waals surface area contributed by atoms with Gasteiger partial charge in [0.1, 0.15) is 5.58 Å². The second-order valence-electron chi connectivity index (χ2n) is 9.41. The molecule has 8 heteroatoms. The highest BCUT2D eigenvalue weighted by atomic mass is 16.3. The number of pyridine rings is 1. The Bertz CT molecular complexity index is 1470. The second-order valence-corrected chi connectivity index (χ2v) is 9.41. The van der Waals surface area contributed by atoms with E-state index in [9.17, 15) is 14.7 Å². The monoisotopic (exact) mass is 494 g/mol. The summed E-state index contributed by atoms with van der Waals surface area (Å²) in [7, 11) is 2.11. The number of piperazine rings is 1. The number of likely N-dealkylation sites (N-methyl/N-ethyl adjacent to an activating group) is 1. The van der Waals surface area contributed by atoms with Crippen molar-refractivity contribution >= 4 is 34.0 Å². The molecule has 2 aliphatic rings. The van der Waals surface area contributed by atoms with Crippen LogP contribution in [0.15, 0.2) is 94.9 Å². The molecule has 1 fully saturated rings. The molecule has 2 aromatic heterocycles. The average Bonchev–Trinajstić information content (AvgIpc) is 3.48. The number of rotatable bonds is 5. The Morgan fingerprint density at radius 1 is 0.973 bits per heavy atom. The van der Waals surface area contributed by atoms with E-state index in [2.05, 4.69) is 21.8 Å². The lowest BCUT2D eigenvalue weighted by Crippen LogP contribution is -2.44. The number of benzene rings is 2. The molecule has 6 rings (SSSR count). The zero-order valence-electron chi connectivity index (χ0n) is 20.4. The number of amides is 1. The number of carbonyl (C=O) groups is 2. The van der Waals surface area contributed by atoms with Gasteiger partial charge in [-0.3, -0.25) is 19.5 Å². The van der Waals surface area contributed by atoms with Crippen LogP contribution in [0.4, 0.5) is 11.4 Å². The fraction of sp³-hybridized carbons (Fsp3) is 0.207. The minimum atomic E-state index is -0.851. The normalized spacial score (nSPS) is 18.7. The minimum Gasteiger partial charge on any atom is -0.503 e. The number of aliphatic hydroxyl groups is 1. The van der Waals surface area contributed by atoms with Crippen LogP contribution in [-0.2, 0) is 4.79 Å². The van der Waals surface area contributed by atoms with Crippen LogP contribution in [0.2, 0.25) is 0 Å². The number of aliphatic hydroxyl groups excluding tert-OH is 1. The second kappa shape index (κ2) is 9.22. The van der Waals surface area contributed by atoms with Gasteiger partial charge in [-0.25, -0.2) is 0 Å². The Morgan fingerprint density at radius 2 is 1.70 bits per heavy atom. The summed E-state index contributed by atoms with van der Waals surface area (Å²) in [6.07, 6.45) is 3.23. The molecule has 0 spiro atoms. The number of ketones is 1. The fourth-order valence-electron chi connectivity index (χ4n) is 5.07. The van der Waals surface area contributed by atoms with Crippen LogP contribution >= 0.6 is 0 Å². The molecule has 2 aliphatic heterocycles. The number of carbonyl (C=O) groups excluding carboxylic acids is 2. The number of furan rings is 1. The molecule has 37 heavy (non-hydrogen) atoms. The fourth-order valence-corrected chi connectivity index (χ4v) is 5.07. The number of hydrogen-bond acceptors (Lipinski definition) is 7. The van der Waals surface area contributed by atoms with E-state index in [0.29, 0.717) is 16.8 Å². The molecule has 0 radical (unpaired) electrons. The molecule has 186 valence electrons. The van der Waals surface area contributed by atoms with E-state index in [1.165, 1.54) is 4.90 Å². The van der Waals surface area contributed by atoms with Gasteiger partial charge in [0.25, 0.3) is 5.91 Å². The van der Waals surface area contributed by atoms with E-state index >= 15 is 0 Å². The van der Waals surface area contributed by atoms with Gasteiger partial charge in [-0.15, -0.1) is 0 Å². The molecule has 1 unspecified atom stereocenters. The number of aromatic nitrogens is 1. The van der Waals surface area contributed by atoms with Crippen LogP contribution in [0, 0.1) is 0 Å². The van der Waals surface area contributed by atoms with Crippen molar-refractivity contribution in [1.29, 1.82) is 0 Å². The maximum Gasteiger partial charge on any atom is 0.294 e. The van der Waals surface area contributed by atoms with Crippen LogP contribution < -0.4 is 9.80 Å². The Kier molecular flexibility index (Phi) is 5.73. The van der Waals surface area contributed by atoms with Gasteiger partial charge in [0, 0.05) is 55.3 Å². The molecule has 4 aromatic rings. The number of nitrogens with zero attached hydrogens (tertiary/aromatic N) is 4. The maximum absolute atomic E-state index is 13.7. The SMILES string of the molecule is CN1CCN(c2ccc(N3C(=O)C(O)=C(C(=O)c4cc5ccccc5o4)C3c3cccnc3)cc2)CC1. The molecule has 2 aromatic carbocycles. The lowest BCUT2D eigenvalue weighted by Gasteiger charge is -2.34. The Labute approximate surface area is 214 Å². The van der Waals surface area contributed by atoms with Gasteiger partial charge < -0.3 is 19.3 Å².